The van der Waals surface area contributed by atoms with Crippen molar-refractivity contribution in [3.63, 3.8) is 0 Å². The highest BCUT2D eigenvalue weighted by atomic mass is 35.5. The van der Waals surface area contributed by atoms with E-state index in [1.165, 1.54) is 39.9 Å². The summed E-state index contributed by atoms with van der Waals surface area (Å²) in [4.78, 5) is 20.3. The van der Waals surface area contributed by atoms with Crippen LogP contribution in [0.15, 0.2) is 47.4 Å². The molecule has 3 heterocycles. The van der Waals surface area contributed by atoms with Gasteiger partial charge in [0, 0.05) is 18.2 Å². The Bertz CT molecular complexity index is 1310. The third-order valence-electron chi connectivity index (χ3n) is 6.17. The van der Waals surface area contributed by atoms with Crippen LogP contribution in [0.4, 0.5) is 5.13 Å². The van der Waals surface area contributed by atoms with Crippen LogP contribution in [-0.4, -0.2) is 55.5 Å². The van der Waals surface area contributed by atoms with Gasteiger partial charge in [0.2, 0.25) is 15.9 Å². The van der Waals surface area contributed by atoms with Crippen LogP contribution < -0.4 is 4.90 Å². The topological polar surface area (TPSA) is 79.8 Å². The number of sulfonamides is 1. The number of hydrogen-bond acceptors (Lipinski definition) is 6. The van der Waals surface area contributed by atoms with Crippen LogP contribution in [0.2, 0.25) is 10.0 Å². The Hall–Kier alpha value is -1.75. The number of anilines is 1. The number of carbonyl (C=O) groups is 1. The molecule has 5 rings (SSSR count). The van der Waals surface area contributed by atoms with Gasteiger partial charge in [-0.3, -0.25) is 9.69 Å². The normalized spacial score (nSPS) is 21.4. The first-order chi connectivity index (χ1) is 16.3. The molecule has 34 heavy (non-hydrogen) atoms. The molecule has 0 N–H and O–H groups in total. The lowest BCUT2D eigenvalue weighted by Gasteiger charge is -2.29. The first-order valence-electron chi connectivity index (χ1n) is 11.1. The van der Waals surface area contributed by atoms with Gasteiger partial charge in [0.05, 0.1) is 27.3 Å². The van der Waals surface area contributed by atoms with E-state index in [0.29, 0.717) is 46.7 Å². The van der Waals surface area contributed by atoms with Crippen LogP contribution in [0.3, 0.4) is 0 Å². The van der Waals surface area contributed by atoms with Gasteiger partial charge in [-0.25, -0.2) is 13.4 Å². The van der Waals surface area contributed by atoms with Crippen molar-refractivity contribution in [1.82, 2.24) is 9.29 Å². The molecule has 1 amide bonds. The van der Waals surface area contributed by atoms with Crippen molar-refractivity contribution in [2.45, 2.75) is 42.7 Å². The molecular formula is C23H23Cl2N3O4S2. The van der Waals surface area contributed by atoms with Gasteiger partial charge >= 0.3 is 0 Å². The first kappa shape index (κ1) is 24.0. The summed E-state index contributed by atoms with van der Waals surface area (Å²) in [5, 5.41) is 1.46. The van der Waals surface area contributed by atoms with E-state index in [1.54, 1.807) is 11.0 Å². The van der Waals surface area contributed by atoms with Crippen molar-refractivity contribution in [2.75, 3.05) is 24.6 Å². The fourth-order valence-electron chi connectivity index (χ4n) is 4.47. The maximum Gasteiger partial charge on any atom is 0.247 e. The monoisotopic (exact) mass is 539 g/mol. The minimum Gasteiger partial charge on any atom is -0.376 e. The number of thiazole rings is 1. The average molecular weight is 540 g/mol. The van der Waals surface area contributed by atoms with E-state index in [0.717, 1.165) is 17.5 Å². The van der Waals surface area contributed by atoms with Crippen molar-refractivity contribution in [2.24, 2.45) is 0 Å². The second-order valence-corrected chi connectivity index (χ2v) is 12.1. The lowest BCUT2D eigenvalue weighted by Crippen LogP contribution is -2.49. The van der Waals surface area contributed by atoms with Crippen LogP contribution in [0, 0.1) is 0 Å². The van der Waals surface area contributed by atoms with E-state index >= 15 is 0 Å². The molecular weight excluding hydrogens is 517 g/mol. The fraction of sp³-hybridized carbons (Fsp3) is 0.391. The molecule has 0 aliphatic carbocycles. The molecule has 11 heteroatoms. The van der Waals surface area contributed by atoms with Gasteiger partial charge in [-0.15, -0.1) is 0 Å². The van der Waals surface area contributed by atoms with E-state index in [9.17, 15) is 13.2 Å². The van der Waals surface area contributed by atoms with Gasteiger partial charge in [0.15, 0.2) is 5.13 Å². The number of fused-ring (bicyclic) bond motifs is 1. The minimum absolute atomic E-state index is 0.117. The van der Waals surface area contributed by atoms with E-state index in [4.69, 9.17) is 27.9 Å². The van der Waals surface area contributed by atoms with Crippen molar-refractivity contribution < 1.29 is 17.9 Å². The Balaban J connectivity index is 1.49. The van der Waals surface area contributed by atoms with Crippen LogP contribution in [-0.2, 0) is 19.6 Å². The second kappa shape index (κ2) is 9.72. The number of amides is 1. The molecule has 0 saturated carbocycles. The number of carbonyl (C=O) groups excluding carboxylic acids is 1. The molecule has 2 saturated heterocycles. The molecule has 2 unspecified atom stereocenters. The number of benzene rings is 2. The molecule has 2 aliphatic rings. The lowest BCUT2D eigenvalue weighted by molar-refractivity contribution is -0.122. The van der Waals surface area contributed by atoms with Crippen molar-refractivity contribution in [3.05, 3.63) is 52.5 Å². The molecule has 3 aromatic rings. The molecule has 1 aromatic heterocycles. The van der Waals surface area contributed by atoms with E-state index in [1.807, 2.05) is 12.1 Å². The van der Waals surface area contributed by atoms with E-state index in [-0.39, 0.29) is 23.5 Å². The summed E-state index contributed by atoms with van der Waals surface area (Å²) in [5.74, 6) is -0.291. The van der Waals surface area contributed by atoms with Gasteiger partial charge in [-0.1, -0.05) is 40.6 Å². The molecule has 0 bridgehead atoms. The van der Waals surface area contributed by atoms with Crippen LogP contribution in [0.5, 0.6) is 0 Å². The molecule has 7 nitrogen and oxygen atoms in total. The molecule has 180 valence electrons. The Morgan fingerprint density at radius 3 is 2.65 bits per heavy atom. The number of aromatic nitrogens is 1. The van der Waals surface area contributed by atoms with Crippen molar-refractivity contribution in [3.8, 4) is 0 Å². The predicted octanol–water partition coefficient (Wildman–Crippen LogP) is 4.97. The Morgan fingerprint density at radius 2 is 1.94 bits per heavy atom. The van der Waals surface area contributed by atoms with Gasteiger partial charge in [-0.05, 0) is 62.1 Å². The molecule has 2 aliphatic heterocycles. The van der Waals surface area contributed by atoms with Gasteiger partial charge < -0.3 is 4.74 Å². The van der Waals surface area contributed by atoms with E-state index in [2.05, 4.69) is 4.98 Å². The summed E-state index contributed by atoms with van der Waals surface area (Å²) in [7, 11) is -3.87. The summed E-state index contributed by atoms with van der Waals surface area (Å²) in [5.41, 5.74) is 0.631. The Labute approximate surface area is 212 Å². The maximum absolute atomic E-state index is 13.9. The number of rotatable bonds is 6. The van der Waals surface area contributed by atoms with Crippen molar-refractivity contribution in [1.29, 1.82) is 0 Å². The smallest absolute Gasteiger partial charge is 0.247 e. The summed E-state index contributed by atoms with van der Waals surface area (Å²) >= 11 is 13.6. The second-order valence-electron chi connectivity index (χ2n) is 8.39. The largest absolute Gasteiger partial charge is 0.376 e. The predicted molar refractivity (Wildman–Crippen MR) is 134 cm³/mol. The fourth-order valence-corrected chi connectivity index (χ4v) is 7.53. The molecule has 2 aromatic carbocycles. The number of para-hydroxylation sites is 1. The molecule has 2 fully saturated rings. The van der Waals surface area contributed by atoms with Gasteiger partial charge in [-0.2, -0.15) is 4.31 Å². The molecule has 0 spiro atoms. The maximum atomic E-state index is 13.9. The highest BCUT2D eigenvalue weighted by Crippen LogP contribution is 2.35. The summed E-state index contributed by atoms with van der Waals surface area (Å²) in [6.45, 7) is 1.25. The Kier molecular flexibility index (Phi) is 6.85. The summed E-state index contributed by atoms with van der Waals surface area (Å²) in [6, 6.07) is 10.7. The number of ether oxygens (including phenoxy) is 1. The lowest BCUT2D eigenvalue weighted by atomic mass is 10.2. The highest BCUT2D eigenvalue weighted by molar-refractivity contribution is 7.89. The summed E-state index contributed by atoms with van der Waals surface area (Å²) < 4.78 is 34.8. The van der Waals surface area contributed by atoms with Crippen LogP contribution in [0.25, 0.3) is 10.2 Å². The first-order valence-corrected chi connectivity index (χ1v) is 14.1. The third kappa shape index (κ3) is 4.57. The summed E-state index contributed by atoms with van der Waals surface area (Å²) in [6.07, 6.45) is 2.70. The molecule has 2 atom stereocenters. The Morgan fingerprint density at radius 1 is 1.15 bits per heavy atom. The SMILES string of the molecule is O=C(C1CCCN1S(=O)(=O)c1ccc(Cl)cc1)N(CC1CCCO1)c1nc2c(Cl)cccc2s1. The number of halogens is 2. The van der Waals surface area contributed by atoms with Crippen LogP contribution in [0.1, 0.15) is 25.7 Å². The standard InChI is InChI=1S/C23H23Cl2N3O4S2/c24-15-8-10-17(11-9-15)34(30,31)28-12-2-6-19(28)22(29)27(14-16-4-3-13-32-16)23-26-21-18(25)5-1-7-20(21)33-23/h1,5,7-11,16,19H,2-4,6,12-14H2. The quantitative estimate of drug-likeness (QED) is 0.441. The minimum atomic E-state index is -3.87. The average Bonchev–Trinajstić information content (AvgIpc) is 3.58. The van der Waals surface area contributed by atoms with E-state index < -0.39 is 16.1 Å². The highest BCUT2D eigenvalue weighted by Gasteiger charge is 2.42. The zero-order valence-corrected chi connectivity index (χ0v) is 21.3. The number of hydrogen-bond donors (Lipinski definition) is 0. The van der Waals surface area contributed by atoms with Gasteiger partial charge in [0.1, 0.15) is 11.6 Å². The molecule has 0 radical (unpaired) electrons. The third-order valence-corrected chi connectivity index (χ3v) is 9.70. The van der Waals surface area contributed by atoms with Gasteiger partial charge in [0.25, 0.3) is 0 Å². The van der Waals surface area contributed by atoms with Crippen molar-refractivity contribution >= 4 is 65.8 Å². The number of nitrogens with zero attached hydrogens (tertiary/aromatic N) is 3. The zero-order chi connectivity index (χ0) is 23.9. The van der Waals surface area contributed by atoms with Crippen LogP contribution >= 0.6 is 34.5 Å². The zero-order valence-electron chi connectivity index (χ0n) is 18.2.